The van der Waals surface area contributed by atoms with E-state index in [-0.39, 0.29) is 31.1 Å². The fourth-order valence-electron chi connectivity index (χ4n) is 11.0. The van der Waals surface area contributed by atoms with Gasteiger partial charge < -0.3 is 14.2 Å². The summed E-state index contributed by atoms with van der Waals surface area (Å²) in [6.45, 7) is 6.55. The molecule has 0 spiro atoms. The smallest absolute Gasteiger partial charge is 0.306 e. The van der Waals surface area contributed by atoms with Crippen LogP contribution >= 0.6 is 0 Å². The van der Waals surface area contributed by atoms with Gasteiger partial charge in [-0.05, 0) is 83.5 Å². The van der Waals surface area contributed by atoms with Crippen molar-refractivity contribution < 1.29 is 28.6 Å². The van der Waals surface area contributed by atoms with Crippen molar-refractivity contribution in [1.82, 2.24) is 0 Å². The fourth-order valence-corrected chi connectivity index (χ4v) is 11.0. The Hall–Kier alpha value is -2.89. The number of carbonyl (C=O) groups excluding carboxylic acids is 3. The van der Waals surface area contributed by atoms with Gasteiger partial charge in [0.25, 0.3) is 0 Å². The van der Waals surface area contributed by atoms with Gasteiger partial charge in [-0.15, -0.1) is 0 Å². The minimum Gasteiger partial charge on any atom is -0.462 e. The summed E-state index contributed by atoms with van der Waals surface area (Å²) in [6, 6.07) is 0. The van der Waals surface area contributed by atoms with E-state index in [4.69, 9.17) is 14.2 Å². The van der Waals surface area contributed by atoms with Crippen LogP contribution in [-0.2, 0) is 28.6 Å². The molecule has 0 aliphatic carbocycles. The highest BCUT2D eigenvalue weighted by Crippen LogP contribution is 2.19. The Morgan fingerprint density at radius 2 is 0.470 bits per heavy atom. The topological polar surface area (TPSA) is 78.9 Å². The van der Waals surface area contributed by atoms with Crippen LogP contribution in [0.4, 0.5) is 0 Å². The van der Waals surface area contributed by atoms with Crippen LogP contribution in [0.15, 0.2) is 60.8 Å². The van der Waals surface area contributed by atoms with E-state index in [0.29, 0.717) is 19.3 Å². The van der Waals surface area contributed by atoms with Crippen LogP contribution in [0.5, 0.6) is 0 Å². The molecule has 0 saturated heterocycles. The van der Waals surface area contributed by atoms with Gasteiger partial charge in [0.05, 0.1) is 0 Å². The van der Waals surface area contributed by atoms with Crippen molar-refractivity contribution in [2.24, 2.45) is 0 Å². The summed E-state index contributed by atoms with van der Waals surface area (Å²) in [7, 11) is 0. The molecule has 1 atom stereocenters. The summed E-state index contributed by atoms with van der Waals surface area (Å²) in [5.74, 6) is -0.849. The zero-order valence-corrected chi connectivity index (χ0v) is 55.7. The van der Waals surface area contributed by atoms with Crippen LogP contribution in [0, 0.1) is 0 Å². The number of unbranched alkanes of at least 4 members (excludes halogenated alkanes) is 47. The highest BCUT2D eigenvalue weighted by Gasteiger charge is 2.19. The minimum atomic E-state index is -0.769. The molecular weight excluding hydrogens is 1020 g/mol. The molecule has 0 heterocycles. The molecule has 0 aromatic carbocycles. The Labute approximate surface area is 517 Å². The normalized spacial score (nSPS) is 12.4. The van der Waals surface area contributed by atoms with E-state index in [1.54, 1.807) is 0 Å². The molecule has 0 aromatic rings. The molecule has 0 bridgehead atoms. The quantitative estimate of drug-likeness (QED) is 0.0261. The van der Waals surface area contributed by atoms with Gasteiger partial charge in [-0.25, -0.2) is 0 Å². The SMILES string of the molecule is CC/C=C\C/C=C\C/C=C\C/C=C\CCCCCCCCCCCCCCCCCCCCCCC(=O)OCC(COC(=O)CCCCCCCCC)OC(=O)CCCCCCCCCCCCCCC/C=C\CCCCCCCCCC. The van der Waals surface area contributed by atoms with E-state index in [0.717, 1.165) is 83.5 Å². The second-order valence-corrected chi connectivity index (χ2v) is 24.8. The lowest BCUT2D eigenvalue weighted by molar-refractivity contribution is -0.167. The summed E-state index contributed by atoms with van der Waals surface area (Å²) in [5, 5.41) is 0. The van der Waals surface area contributed by atoms with Gasteiger partial charge in [0, 0.05) is 19.3 Å². The number of rotatable bonds is 68. The van der Waals surface area contributed by atoms with Crippen LogP contribution in [0.1, 0.15) is 393 Å². The van der Waals surface area contributed by atoms with E-state index in [1.807, 2.05) is 0 Å². The molecule has 0 fully saturated rings. The van der Waals surface area contributed by atoms with E-state index >= 15 is 0 Å². The second-order valence-electron chi connectivity index (χ2n) is 24.8. The Kier molecular flexibility index (Phi) is 69.1. The van der Waals surface area contributed by atoms with Crippen LogP contribution in [-0.4, -0.2) is 37.2 Å². The molecule has 0 aliphatic rings. The monoisotopic (exact) mass is 1160 g/mol. The predicted octanol–water partition coefficient (Wildman–Crippen LogP) is 25.5. The van der Waals surface area contributed by atoms with Crippen molar-refractivity contribution >= 4 is 17.9 Å². The van der Waals surface area contributed by atoms with Crippen molar-refractivity contribution in [2.75, 3.05) is 13.2 Å². The van der Waals surface area contributed by atoms with Gasteiger partial charge in [0.15, 0.2) is 6.10 Å². The number of esters is 3. The molecule has 6 heteroatoms. The van der Waals surface area contributed by atoms with Crippen LogP contribution in [0.3, 0.4) is 0 Å². The minimum absolute atomic E-state index is 0.0678. The summed E-state index contributed by atoms with van der Waals surface area (Å²) in [6.07, 6.45) is 93.0. The standard InChI is InChI=1S/C77H140O6/c1-4-7-10-13-16-18-20-22-24-26-28-30-32-34-35-36-37-38-39-40-41-43-44-46-48-50-52-54-56-58-61-64-67-70-76(79)82-73-74(72-81-75(78)69-66-63-60-15-12-9-6-3)83-77(80)71-68-65-62-59-57-55-53-51-49-47-45-42-33-31-29-27-25-23-21-19-17-14-11-8-5-2/h7,10,16,18,22,24,27-30,74H,4-6,8-9,11-15,17,19-21,23,25-26,31-73H2,1-3H3/b10-7-,18-16-,24-22-,29-27-,30-28-. The third kappa shape index (κ3) is 69.8. The molecule has 0 amide bonds. The second kappa shape index (κ2) is 71.6. The Bertz CT molecular complexity index is 1470. The van der Waals surface area contributed by atoms with Gasteiger partial charge in [0.2, 0.25) is 0 Å². The molecule has 0 saturated carbocycles. The Balaban J connectivity index is 3.98. The summed E-state index contributed by atoms with van der Waals surface area (Å²) in [5.41, 5.74) is 0. The fraction of sp³-hybridized carbons (Fsp3) is 0.831. The molecule has 1 unspecified atom stereocenters. The molecule has 0 aliphatic heterocycles. The maximum Gasteiger partial charge on any atom is 0.306 e. The number of ether oxygens (including phenoxy) is 3. The number of hydrogen-bond donors (Lipinski definition) is 0. The third-order valence-electron chi connectivity index (χ3n) is 16.5. The lowest BCUT2D eigenvalue weighted by atomic mass is 10.0. The molecule has 484 valence electrons. The van der Waals surface area contributed by atoms with Crippen LogP contribution in [0.25, 0.3) is 0 Å². The van der Waals surface area contributed by atoms with Gasteiger partial charge >= 0.3 is 17.9 Å². The number of hydrogen-bond acceptors (Lipinski definition) is 6. The molecule has 0 radical (unpaired) electrons. The molecule has 0 rings (SSSR count). The molecule has 83 heavy (non-hydrogen) atoms. The molecule has 0 aromatic heterocycles. The predicted molar refractivity (Wildman–Crippen MR) is 362 cm³/mol. The first-order valence-corrected chi connectivity index (χ1v) is 36.8. The summed E-state index contributed by atoms with van der Waals surface area (Å²) in [4.78, 5) is 38.2. The van der Waals surface area contributed by atoms with Crippen molar-refractivity contribution in [3.05, 3.63) is 60.8 Å². The van der Waals surface area contributed by atoms with Gasteiger partial charge in [-0.1, -0.05) is 351 Å². The Morgan fingerprint density at radius 1 is 0.253 bits per heavy atom. The van der Waals surface area contributed by atoms with Crippen molar-refractivity contribution in [3.8, 4) is 0 Å². The van der Waals surface area contributed by atoms with Crippen LogP contribution < -0.4 is 0 Å². The lowest BCUT2D eigenvalue weighted by Crippen LogP contribution is -2.30. The van der Waals surface area contributed by atoms with E-state index in [2.05, 4.69) is 81.5 Å². The third-order valence-corrected chi connectivity index (χ3v) is 16.5. The largest absolute Gasteiger partial charge is 0.462 e. The van der Waals surface area contributed by atoms with Gasteiger partial charge in [-0.2, -0.15) is 0 Å². The first kappa shape index (κ1) is 80.1. The first-order valence-electron chi connectivity index (χ1n) is 36.8. The van der Waals surface area contributed by atoms with Crippen molar-refractivity contribution in [2.45, 2.75) is 399 Å². The van der Waals surface area contributed by atoms with E-state index in [9.17, 15) is 14.4 Å². The molecule has 6 nitrogen and oxygen atoms in total. The van der Waals surface area contributed by atoms with E-state index < -0.39 is 6.10 Å². The van der Waals surface area contributed by atoms with Gasteiger partial charge in [-0.3, -0.25) is 14.4 Å². The van der Waals surface area contributed by atoms with E-state index in [1.165, 1.54) is 270 Å². The first-order chi connectivity index (χ1) is 41.0. The average Bonchev–Trinajstić information content (AvgIpc) is 3.50. The lowest BCUT2D eigenvalue weighted by Gasteiger charge is -2.18. The maximum atomic E-state index is 12.9. The number of carbonyl (C=O) groups is 3. The molecular formula is C77H140O6. The maximum absolute atomic E-state index is 12.9. The highest BCUT2D eigenvalue weighted by molar-refractivity contribution is 5.71. The van der Waals surface area contributed by atoms with Crippen molar-refractivity contribution in [3.63, 3.8) is 0 Å². The summed E-state index contributed by atoms with van der Waals surface area (Å²) < 4.78 is 16.9. The average molecular weight is 1160 g/mol. The summed E-state index contributed by atoms with van der Waals surface area (Å²) >= 11 is 0. The van der Waals surface area contributed by atoms with Crippen LogP contribution in [0.2, 0.25) is 0 Å². The van der Waals surface area contributed by atoms with Gasteiger partial charge in [0.1, 0.15) is 13.2 Å². The van der Waals surface area contributed by atoms with Crippen molar-refractivity contribution in [1.29, 1.82) is 0 Å². The zero-order valence-electron chi connectivity index (χ0n) is 55.7. The molecule has 0 N–H and O–H groups in total. The Morgan fingerprint density at radius 3 is 0.747 bits per heavy atom. The zero-order chi connectivity index (χ0) is 59.9. The number of allylic oxidation sites excluding steroid dienone is 10. The highest BCUT2D eigenvalue weighted by atomic mass is 16.6.